The second-order valence-electron chi connectivity index (χ2n) is 31.4. The third-order valence-electron chi connectivity index (χ3n) is 19.4. The van der Waals surface area contributed by atoms with E-state index in [9.17, 15) is 9.59 Å². The number of unbranched alkanes of at least 4 members (excludes halogenated alkanes) is 1. The van der Waals surface area contributed by atoms with Crippen molar-refractivity contribution in [3.8, 4) is 0 Å². The van der Waals surface area contributed by atoms with Crippen LogP contribution in [0.1, 0.15) is 168 Å². The van der Waals surface area contributed by atoms with E-state index in [1.807, 2.05) is 68.4 Å². The van der Waals surface area contributed by atoms with Crippen molar-refractivity contribution in [2.75, 3.05) is 132 Å². The average Bonchev–Trinajstić information content (AvgIpc) is 1.73. The first-order valence-corrected chi connectivity index (χ1v) is 39.7. The minimum absolute atomic E-state index is 0.00113. The highest BCUT2D eigenvalue weighted by molar-refractivity contribution is 6.45. The summed E-state index contributed by atoms with van der Waals surface area (Å²) in [6.07, 6.45) is 10.2. The van der Waals surface area contributed by atoms with Crippen molar-refractivity contribution < 1.29 is 133 Å². The van der Waals surface area contributed by atoms with E-state index in [1.54, 1.807) is 27.5 Å². The highest BCUT2D eigenvalue weighted by atomic mass is 16.7. The molecule has 4 N–H and O–H groups in total. The molecule has 0 radical (unpaired) electrons. The zero-order valence-corrected chi connectivity index (χ0v) is 71.0. The van der Waals surface area contributed by atoms with Crippen molar-refractivity contribution in [1.82, 2.24) is 0 Å². The monoisotopic (exact) mass is 1530 g/mol. The quantitative estimate of drug-likeness (QED) is 0.0876. The van der Waals surface area contributed by atoms with Crippen LogP contribution in [0.5, 0.6) is 0 Å². The fraction of sp³-hybridized carbons (Fsp3) is 0.971. The van der Waals surface area contributed by atoms with Crippen molar-refractivity contribution in [2.24, 2.45) is 32.5 Å². The van der Waals surface area contributed by atoms with Crippen LogP contribution in [-0.4, -0.2) is 272 Å². The average molecular weight is 1530 g/mol. The van der Waals surface area contributed by atoms with Gasteiger partial charge in [-0.05, 0) is 168 Å². The Morgan fingerprint density at radius 1 is 0.374 bits per heavy atom. The number of aliphatic hydroxyl groups excluding tert-OH is 4. The Labute approximate surface area is 649 Å². The van der Waals surface area contributed by atoms with Crippen LogP contribution in [-0.2, 0) is 112 Å². The molecule has 618 valence electrons. The van der Waals surface area contributed by atoms with E-state index < -0.39 is 36.7 Å². The second-order valence-corrected chi connectivity index (χ2v) is 31.4. The molecule has 28 nitrogen and oxygen atoms in total. The minimum Gasteiger partial charge on any atom is -0.464 e. The van der Waals surface area contributed by atoms with Gasteiger partial charge in [-0.25, -0.2) is 9.59 Å². The lowest BCUT2D eigenvalue weighted by atomic mass is 9.78. The van der Waals surface area contributed by atoms with Gasteiger partial charge < -0.3 is 123 Å². The first kappa shape index (κ1) is 104. The maximum atomic E-state index is 11.5. The Morgan fingerprint density at radius 2 is 0.692 bits per heavy atom. The largest absolute Gasteiger partial charge is 0.464 e. The molecule has 10 aliphatic rings. The molecule has 107 heavy (non-hydrogen) atoms. The van der Waals surface area contributed by atoms with Gasteiger partial charge in [0.1, 0.15) is 0 Å². The SMILES string of the molecule is CB1OC(C)CC(C)(C)O1.CB1OC(C)CC(C)O1.CB1OCC(C)(C)CO1.CB1OCC(C)(CO)CO1.CB1OCC(CO)(CO)CO1.CB1OCCCO1.CCC1(CC)COB(C)OC1.CCC1(CO)COB(C)OC1.CCCCC1(CC)COB(C)OC1.CCOC(=O)C1OB(C)OC1C(=O)OCC. The zero-order chi connectivity index (χ0) is 81.1. The number of hydrogen-bond acceptors (Lipinski definition) is 28. The van der Waals surface area contributed by atoms with Gasteiger partial charge in [0.15, 0.2) is 12.2 Å². The van der Waals surface area contributed by atoms with E-state index >= 15 is 0 Å². The summed E-state index contributed by atoms with van der Waals surface area (Å²) in [5, 5.41) is 35.8. The smallest absolute Gasteiger partial charge is 0.454 e. The number of aliphatic hydroxyl groups is 4. The van der Waals surface area contributed by atoms with E-state index in [-0.39, 0.29) is 126 Å². The third kappa shape index (κ3) is 43.2. The molecule has 0 saturated carbocycles. The maximum Gasteiger partial charge on any atom is 0.454 e. The van der Waals surface area contributed by atoms with Crippen LogP contribution in [0.15, 0.2) is 0 Å². The number of ether oxygens (including phenoxy) is 2. The molecule has 10 aliphatic heterocycles. The molecule has 10 rings (SSSR count). The first-order chi connectivity index (χ1) is 50.3. The molecule has 10 heterocycles. The predicted molar refractivity (Wildman–Crippen MR) is 424 cm³/mol. The lowest BCUT2D eigenvalue weighted by molar-refractivity contribution is -0.163. The van der Waals surface area contributed by atoms with Gasteiger partial charge >= 0.3 is 83.1 Å². The van der Waals surface area contributed by atoms with Crippen LogP contribution in [0.4, 0.5) is 0 Å². The molecule has 0 aromatic heterocycles. The van der Waals surface area contributed by atoms with Gasteiger partial charge in [-0.3, -0.25) is 0 Å². The Morgan fingerprint density at radius 3 is 0.981 bits per heavy atom. The van der Waals surface area contributed by atoms with E-state index in [1.165, 1.54) is 25.7 Å². The van der Waals surface area contributed by atoms with Crippen molar-refractivity contribution in [1.29, 1.82) is 0 Å². The van der Waals surface area contributed by atoms with Crippen LogP contribution in [0.2, 0.25) is 68.2 Å². The fourth-order valence-corrected chi connectivity index (χ4v) is 11.5. The van der Waals surface area contributed by atoms with Crippen molar-refractivity contribution in [3.05, 3.63) is 0 Å². The fourth-order valence-electron chi connectivity index (χ4n) is 11.5. The third-order valence-corrected chi connectivity index (χ3v) is 19.4. The van der Waals surface area contributed by atoms with E-state index in [0.29, 0.717) is 68.8 Å². The maximum absolute atomic E-state index is 11.5. The standard InChI is InChI=1S/C10H21BO2.C9H15BO6.C8H17BO2.C7H15BO3.C7H15BO2.C6H13BO4.C6H13BO3.2C6H13BO2.C4H9BO2/c1-4-6-7-10(5-2)8-12-11(3)13-9-10;1-4-13-8(11)6-7(9(12)14-5-2)16-10(3)15-6;1-4-8(5-2)6-10-9(3)11-7-8;1-3-7(4-9)5-10-8(2)11-6-7;1-6-5-7(2,3)10-8(4)9-6;1-7-10-4-6(2-8,3-9)5-11-7;1-6(3-8)4-9-7(2)10-5-6;1-6(2)4-8-7(3)9-5-6;1-5-4-6(2)9-7(3)8-5;1-5-6-3-2-4-7-5/h4-9H2,1-3H3;6-7H,4-5H2,1-3H3;4-7H2,1-3H3;9H,3-6H2,1-2H3;6H,5H2,1-4H3;8-9H,2-5H2,1H3;8H,3-5H2,1-2H3;4-5H2,1-3H3;5-6H,4H2,1-3H3;2-4H2,1H3. The summed E-state index contributed by atoms with van der Waals surface area (Å²) >= 11 is 0. The molecule has 38 heteroatoms. The summed E-state index contributed by atoms with van der Waals surface area (Å²) in [6, 6.07) is 0. The lowest BCUT2D eigenvalue weighted by Gasteiger charge is -2.38. The molecule has 0 spiro atoms. The topological polar surface area (TPSA) is 318 Å². The Hall–Kier alpha value is -1.37. The molecule has 0 bridgehead atoms. The molecule has 0 aromatic rings. The van der Waals surface area contributed by atoms with Crippen LogP contribution in [0, 0.1) is 32.5 Å². The van der Waals surface area contributed by atoms with Crippen molar-refractivity contribution in [3.63, 3.8) is 0 Å². The van der Waals surface area contributed by atoms with E-state index in [4.69, 9.17) is 123 Å². The highest BCUT2D eigenvalue weighted by Gasteiger charge is 2.47. The summed E-state index contributed by atoms with van der Waals surface area (Å²) in [6.45, 7) is 60.2. The molecule has 5 unspecified atom stereocenters. The summed E-state index contributed by atoms with van der Waals surface area (Å²) in [7, 11) is -1.08. The van der Waals surface area contributed by atoms with Crippen LogP contribution in [0.25, 0.3) is 0 Å². The van der Waals surface area contributed by atoms with Crippen LogP contribution < -0.4 is 0 Å². The van der Waals surface area contributed by atoms with Crippen molar-refractivity contribution >= 4 is 83.1 Å². The van der Waals surface area contributed by atoms with Crippen molar-refractivity contribution in [2.45, 2.75) is 272 Å². The number of carbonyl (C=O) groups is 2. The molecule has 0 aliphatic carbocycles. The van der Waals surface area contributed by atoms with Crippen LogP contribution >= 0.6 is 0 Å². The summed E-state index contributed by atoms with van der Waals surface area (Å²) < 4.78 is 115. The van der Waals surface area contributed by atoms with E-state index in [2.05, 4.69) is 76.2 Å². The van der Waals surface area contributed by atoms with Gasteiger partial charge in [0.05, 0.1) is 50.7 Å². The predicted octanol–water partition coefficient (Wildman–Crippen LogP) is 9.27. The summed E-state index contributed by atoms with van der Waals surface area (Å²) in [4.78, 5) is 22.9. The Balaban J connectivity index is 0.000000598. The second kappa shape index (κ2) is 54.5. The normalized spacial score (nSPS) is 25.8. The van der Waals surface area contributed by atoms with Gasteiger partial charge in [-0.1, -0.05) is 68.2 Å². The number of rotatable bonds is 15. The Kier molecular flexibility index (Phi) is 52.8. The van der Waals surface area contributed by atoms with Crippen LogP contribution in [0.3, 0.4) is 0 Å². The first-order valence-electron chi connectivity index (χ1n) is 39.7. The van der Waals surface area contributed by atoms with Gasteiger partial charge in [0.25, 0.3) is 0 Å². The molecular weight excluding hydrogens is 1380 g/mol. The summed E-state index contributed by atoms with van der Waals surface area (Å²) in [5.74, 6) is -1.21. The zero-order valence-electron chi connectivity index (χ0n) is 71.0. The molecule has 0 amide bonds. The van der Waals surface area contributed by atoms with Gasteiger partial charge in [0.2, 0.25) is 0 Å². The molecule has 0 aromatic carbocycles. The van der Waals surface area contributed by atoms with Gasteiger partial charge in [-0.2, -0.15) is 0 Å². The molecular formula is C69H144B10O28. The van der Waals surface area contributed by atoms with E-state index in [0.717, 1.165) is 91.4 Å². The Bertz CT molecular complexity index is 2080. The molecule has 10 saturated heterocycles. The molecule has 10 fully saturated rings. The molecule has 5 atom stereocenters. The minimum atomic E-state index is -1.03. The summed E-state index contributed by atoms with van der Waals surface area (Å²) in [5.41, 5.74) is -0.107. The lowest BCUT2D eigenvalue weighted by Crippen LogP contribution is -2.47. The van der Waals surface area contributed by atoms with Gasteiger partial charge in [0, 0.05) is 138 Å². The van der Waals surface area contributed by atoms with Gasteiger partial charge in [-0.15, -0.1) is 0 Å². The highest BCUT2D eigenvalue weighted by Crippen LogP contribution is 2.34. The number of carbonyl (C=O) groups excluding carboxylic acids is 2. The number of esters is 2. The number of hydrogen-bond donors (Lipinski definition) is 4.